The average Bonchev–Trinajstić information content (AvgIpc) is 2.66. The molecule has 0 fully saturated rings. The van der Waals surface area contributed by atoms with E-state index >= 15 is 0 Å². The predicted octanol–water partition coefficient (Wildman–Crippen LogP) is 3.86. The molecule has 0 aliphatic rings. The van der Waals surface area contributed by atoms with E-state index in [1.807, 2.05) is 26.0 Å². The lowest BCUT2D eigenvalue weighted by atomic mass is 9.98. The molecule has 0 heterocycles. The highest BCUT2D eigenvalue weighted by molar-refractivity contribution is 7.89. The van der Waals surface area contributed by atoms with E-state index < -0.39 is 22.0 Å². The first-order valence-corrected chi connectivity index (χ1v) is 10.5. The number of methoxy groups -OCH3 is 2. The molecule has 0 aromatic heterocycles. The Balaban J connectivity index is 2.38. The molecule has 1 atom stereocenters. The maximum Gasteiger partial charge on any atom is 0.338 e. The molecule has 0 spiro atoms. The first kappa shape index (κ1) is 21.9. The lowest BCUT2D eigenvalue weighted by molar-refractivity contribution is 0.0599. The maximum atomic E-state index is 13.0. The largest absolute Gasteiger partial charge is 0.497 e. The lowest BCUT2D eigenvalue weighted by Crippen LogP contribution is -2.30. The molecule has 28 heavy (non-hydrogen) atoms. The second-order valence-corrected chi connectivity index (χ2v) is 8.76. The molecular weight excluding hydrogens is 378 g/mol. The summed E-state index contributed by atoms with van der Waals surface area (Å²) in [6, 6.07) is 11.3. The van der Waals surface area contributed by atoms with Gasteiger partial charge in [-0.1, -0.05) is 32.0 Å². The van der Waals surface area contributed by atoms with E-state index in [1.165, 1.54) is 19.2 Å². The lowest BCUT2D eigenvalue weighted by Gasteiger charge is -2.21. The predicted molar refractivity (Wildman–Crippen MR) is 108 cm³/mol. The Labute approximate surface area is 166 Å². The number of hydrogen-bond donors (Lipinski definition) is 1. The first-order valence-electron chi connectivity index (χ1n) is 9.03. The van der Waals surface area contributed by atoms with E-state index in [1.54, 1.807) is 32.2 Å². The summed E-state index contributed by atoms with van der Waals surface area (Å²) in [5.74, 6) is 0.415. The van der Waals surface area contributed by atoms with Gasteiger partial charge in [-0.2, -0.15) is 0 Å². The smallest absolute Gasteiger partial charge is 0.338 e. The fourth-order valence-corrected chi connectivity index (χ4v) is 4.18. The van der Waals surface area contributed by atoms with E-state index in [0.717, 1.165) is 5.56 Å². The molecule has 7 heteroatoms. The minimum Gasteiger partial charge on any atom is -0.497 e. The van der Waals surface area contributed by atoms with Crippen LogP contribution in [-0.4, -0.2) is 28.6 Å². The Morgan fingerprint density at radius 3 is 2.25 bits per heavy atom. The van der Waals surface area contributed by atoms with Crippen LogP contribution < -0.4 is 9.46 Å². The van der Waals surface area contributed by atoms with Crippen LogP contribution in [-0.2, 0) is 14.8 Å². The third-order valence-corrected chi connectivity index (χ3v) is 5.92. The number of sulfonamides is 1. The molecule has 2 aromatic carbocycles. The van der Waals surface area contributed by atoms with Gasteiger partial charge in [-0.15, -0.1) is 0 Å². The van der Waals surface area contributed by atoms with Gasteiger partial charge in [0.2, 0.25) is 10.0 Å². The van der Waals surface area contributed by atoms with Crippen molar-refractivity contribution in [2.75, 3.05) is 14.2 Å². The first-order chi connectivity index (χ1) is 13.2. The van der Waals surface area contributed by atoms with E-state index in [9.17, 15) is 13.2 Å². The van der Waals surface area contributed by atoms with Crippen molar-refractivity contribution in [2.24, 2.45) is 5.92 Å². The standard InChI is InChI=1S/C21H27NO5S/c1-14(2)12-20(16-7-9-17(26-4)10-8-16)22-28(24,25)18-11-6-15(3)19(13-18)21(23)27-5/h6-11,13-14,20,22H,12H2,1-5H3/t20-/m0/s1. The second kappa shape index (κ2) is 9.21. The summed E-state index contributed by atoms with van der Waals surface area (Å²) in [5.41, 5.74) is 1.73. The summed E-state index contributed by atoms with van der Waals surface area (Å²) in [5, 5.41) is 0. The maximum absolute atomic E-state index is 13.0. The van der Waals surface area contributed by atoms with Crippen LogP contribution in [0.4, 0.5) is 0 Å². The van der Waals surface area contributed by atoms with Crippen LogP contribution in [0.15, 0.2) is 47.4 Å². The van der Waals surface area contributed by atoms with Crippen LogP contribution in [0.2, 0.25) is 0 Å². The Hall–Kier alpha value is -2.38. The minimum absolute atomic E-state index is 0.0285. The number of nitrogens with one attached hydrogen (secondary N) is 1. The Morgan fingerprint density at radius 2 is 1.71 bits per heavy atom. The van der Waals surface area contributed by atoms with Crippen molar-refractivity contribution in [3.8, 4) is 5.75 Å². The zero-order valence-corrected chi connectivity index (χ0v) is 17.7. The Kier molecular flexibility index (Phi) is 7.21. The summed E-state index contributed by atoms with van der Waals surface area (Å²) in [6.07, 6.45) is 0.626. The fourth-order valence-electron chi connectivity index (χ4n) is 2.91. The number of hydrogen-bond acceptors (Lipinski definition) is 5. The molecule has 0 amide bonds. The Bertz CT molecular complexity index is 920. The van der Waals surface area contributed by atoms with Crippen molar-refractivity contribution in [1.29, 1.82) is 0 Å². The molecule has 0 saturated carbocycles. The molecular formula is C21H27NO5S. The number of carbonyl (C=O) groups excluding carboxylic acids is 1. The summed E-state index contributed by atoms with van der Waals surface area (Å²) >= 11 is 0. The van der Waals surface area contributed by atoms with Gasteiger partial charge < -0.3 is 9.47 Å². The van der Waals surface area contributed by atoms with Crippen molar-refractivity contribution in [2.45, 2.75) is 38.1 Å². The zero-order valence-electron chi connectivity index (χ0n) is 16.9. The quantitative estimate of drug-likeness (QED) is 0.675. The summed E-state index contributed by atoms with van der Waals surface area (Å²) in [6.45, 7) is 5.80. The van der Waals surface area contributed by atoms with Gasteiger partial charge in [0, 0.05) is 6.04 Å². The van der Waals surface area contributed by atoms with Gasteiger partial charge in [0.05, 0.1) is 24.7 Å². The molecule has 0 bridgehead atoms. The summed E-state index contributed by atoms with van der Waals surface area (Å²) < 4.78 is 38.7. The molecule has 6 nitrogen and oxygen atoms in total. The molecule has 0 aliphatic heterocycles. The van der Waals surface area contributed by atoms with Gasteiger partial charge in [-0.25, -0.2) is 17.9 Å². The molecule has 0 saturated heterocycles. The van der Waals surface area contributed by atoms with Gasteiger partial charge in [-0.3, -0.25) is 0 Å². The van der Waals surface area contributed by atoms with Crippen molar-refractivity contribution in [1.82, 2.24) is 4.72 Å². The number of rotatable bonds is 8. The number of aryl methyl sites for hydroxylation is 1. The molecule has 0 aliphatic carbocycles. The van der Waals surface area contributed by atoms with Crippen molar-refractivity contribution in [3.63, 3.8) is 0 Å². The molecule has 0 unspecified atom stereocenters. The molecule has 0 radical (unpaired) electrons. The molecule has 2 rings (SSSR count). The highest BCUT2D eigenvalue weighted by atomic mass is 32.2. The normalized spacial score (nSPS) is 12.6. The molecule has 152 valence electrons. The van der Waals surface area contributed by atoms with Crippen molar-refractivity contribution < 1.29 is 22.7 Å². The van der Waals surface area contributed by atoms with Gasteiger partial charge >= 0.3 is 5.97 Å². The van der Waals surface area contributed by atoms with Crippen LogP contribution in [0.1, 0.15) is 47.8 Å². The average molecular weight is 406 g/mol. The topological polar surface area (TPSA) is 81.7 Å². The zero-order chi connectivity index (χ0) is 20.9. The van der Waals surface area contributed by atoms with E-state index in [4.69, 9.17) is 9.47 Å². The summed E-state index contributed by atoms with van der Waals surface area (Å²) in [7, 11) is -0.989. The van der Waals surface area contributed by atoms with Crippen molar-refractivity contribution >= 4 is 16.0 Å². The van der Waals surface area contributed by atoms with Gasteiger partial charge in [0.15, 0.2) is 0 Å². The minimum atomic E-state index is -3.84. The van der Waals surface area contributed by atoms with Crippen LogP contribution in [0.5, 0.6) is 5.75 Å². The number of benzene rings is 2. The summed E-state index contributed by atoms with van der Waals surface area (Å²) in [4.78, 5) is 11.9. The molecule has 1 N–H and O–H groups in total. The monoisotopic (exact) mass is 405 g/mol. The van der Waals surface area contributed by atoms with Crippen molar-refractivity contribution in [3.05, 3.63) is 59.2 Å². The van der Waals surface area contributed by atoms with E-state index in [2.05, 4.69) is 4.72 Å². The third-order valence-electron chi connectivity index (χ3n) is 4.45. The molecule has 2 aromatic rings. The number of ether oxygens (including phenoxy) is 2. The van der Waals surface area contributed by atoms with Crippen LogP contribution in [0.25, 0.3) is 0 Å². The van der Waals surface area contributed by atoms with Gasteiger partial charge in [0.1, 0.15) is 5.75 Å². The van der Waals surface area contributed by atoms with Gasteiger partial charge in [-0.05, 0) is 54.7 Å². The number of esters is 1. The Morgan fingerprint density at radius 1 is 1.07 bits per heavy atom. The van der Waals surface area contributed by atoms with Gasteiger partial charge in [0.25, 0.3) is 0 Å². The second-order valence-electron chi connectivity index (χ2n) is 7.04. The van der Waals surface area contributed by atoms with E-state index in [0.29, 0.717) is 17.7 Å². The van der Waals surface area contributed by atoms with Crippen LogP contribution in [0.3, 0.4) is 0 Å². The van der Waals surface area contributed by atoms with E-state index in [-0.39, 0.29) is 16.4 Å². The highest BCUT2D eigenvalue weighted by Gasteiger charge is 2.24. The highest BCUT2D eigenvalue weighted by Crippen LogP contribution is 2.26. The fraction of sp³-hybridized carbons (Fsp3) is 0.381. The third kappa shape index (κ3) is 5.33. The van der Waals surface area contributed by atoms with Crippen LogP contribution >= 0.6 is 0 Å². The SMILES string of the molecule is COC(=O)c1cc(S(=O)(=O)N[C@@H](CC(C)C)c2ccc(OC)cc2)ccc1C. The van der Waals surface area contributed by atoms with Crippen LogP contribution in [0, 0.1) is 12.8 Å². The number of carbonyl (C=O) groups is 1.